The molecule has 0 radical (unpaired) electrons. The number of carbonyl (C=O) groups is 2. The zero-order valence-electron chi connectivity index (χ0n) is 50.5. The third-order valence-electron chi connectivity index (χ3n) is 13.9. The second-order valence-corrected chi connectivity index (χ2v) is 29.6. The van der Waals surface area contributed by atoms with Gasteiger partial charge >= 0.3 is 12.2 Å². The number of nitrogen functional groups attached to an aromatic ring is 1. The third kappa shape index (κ3) is 16.0. The molecule has 2 aromatic heterocycles. The van der Waals surface area contributed by atoms with Crippen LogP contribution in [0, 0.1) is 13.8 Å². The van der Waals surface area contributed by atoms with Crippen LogP contribution in [0.2, 0.25) is 15.3 Å². The highest BCUT2D eigenvalue weighted by molar-refractivity contribution is 7.92. The lowest BCUT2D eigenvalue weighted by molar-refractivity contribution is 0.00687. The predicted molar refractivity (Wildman–Crippen MR) is 343 cm³/mol. The molecule has 0 bridgehead atoms. The van der Waals surface area contributed by atoms with E-state index in [-0.39, 0.29) is 74.2 Å². The van der Waals surface area contributed by atoms with E-state index in [9.17, 15) is 26.4 Å². The van der Waals surface area contributed by atoms with E-state index in [2.05, 4.69) is 35.9 Å². The van der Waals surface area contributed by atoms with E-state index in [1.165, 1.54) is 18.5 Å². The van der Waals surface area contributed by atoms with E-state index in [1.54, 1.807) is 80.0 Å². The first-order valence-corrected chi connectivity index (χ1v) is 32.3. The summed E-state index contributed by atoms with van der Waals surface area (Å²) in [6.45, 7) is 25.7. The number of benzene rings is 4. The molecule has 0 atom stereocenters. The lowest BCUT2D eigenvalue weighted by Gasteiger charge is -2.41. The molecule has 10 rings (SSSR count). The Labute approximate surface area is 530 Å². The van der Waals surface area contributed by atoms with Crippen molar-refractivity contribution >= 4 is 107 Å². The predicted octanol–water partition coefficient (Wildman–Crippen LogP) is 13.2. The van der Waals surface area contributed by atoms with Gasteiger partial charge in [-0.1, -0.05) is 54.9 Å². The summed E-state index contributed by atoms with van der Waals surface area (Å²) in [7, 11) is -7.00. The molecule has 0 aliphatic carbocycles. The Morgan fingerprint density at radius 3 is 1.44 bits per heavy atom. The molecule has 5 N–H and O–H groups in total. The number of halogens is 3. The molecule has 2 fully saturated rings. The SMILES string of the molecule is C.CC(C)S(=O)(=O)c1ccccc1Nc1nc(Cl)ncc1Cl.Cc1cc(N)c2c(c1C1CN(C(=O)OC(C)(C)C)C1)OCCO2.Cc1cc(Nc2ncc(Cl)c(Nc3ccccc3S(=O)(=O)C(C)C)n2)c2c(c1C1CN(C(=O)OC(C)(C)C)C1)OCCO2. The Kier molecular flexibility index (Phi) is 21.4. The van der Waals surface area contributed by atoms with Crippen molar-refractivity contribution in [2.24, 2.45) is 0 Å². The van der Waals surface area contributed by atoms with Crippen LogP contribution in [0.4, 0.5) is 49.9 Å². The number of ether oxygens (including phenoxy) is 6. The van der Waals surface area contributed by atoms with E-state index < -0.39 is 41.4 Å². The average molecular weight is 1310 g/mol. The minimum absolute atomic E-state index is 0. The molecule has 88 heavy (non-hydrogen) atoms. The van der Waals surface area contributed by atoms with Crippen molar-refractivity contribution in [1.29, 1.82) is 0 Å². The number of nitrogens with zero attached hydrogens (tertiary/aromatic N) is 6. The number of likely N-dealkylation sites (tertiary alicyclic amines) is 2. The largest absolute Gasteiger partial charge is 0.486 e. The van der Waals surface area contributed by atoms with Crippen LogP contribution in [-0.4, -0.2) is 133 Å². The van der Waals surface area contributed by atoms with E-state index >= 15 is 0 Å². The Balaban J connectivity index is 0.000000206. The summed E-state index contributed by atoms with van der Waals surface area (Å²) in [6, 6.07) is 17.0. The number of nitrogens with two attached hydrogens (primary N) is 1. The number of aromatic nitrogens is 4. The maximum absolute atomic E-state index is 12.9. The maximum atomic E-state index is 12.9. The summed E-state index contributed by atoms with van der Waals surface area (Å²) in [5, 5.41) is 8.52. The highest BCUT2D eigenvalue weighted by atomic mass is 35.5. The first-order chi connectivity index (χ1) is 40.8. The zero-order chi connectivity index (χ0) is 63.5. The van der Waals surface area contributed by atoms with E-state index in [1.807, 2.05) is 67.5 Å². The number of hydrogen-bond acceptors (Lipinski definition) is 20. The van der Waals surface area contributed by atoms with Gasteiger partial charge in [0.05, 0.1) is 55.4 Å². The van der Waals surface area contributed by atoms with Crippen LogP contribution in [0.5, 0.6) is 23.0 Å². The lowest BCUT2D eigenvalue weighted by Crippen LogP contribution is -2.50. The van der Waals surface area contributed by atoms with Gasteiger partial charge in [-0.3, -0.25) is 0 Å². The van der Waals surface area contributed by atoms with Gasteiger partial charge in [-0.2, -0.15) is 9.97 Å². The van der Waals surface area contributed by atoms with Gasteiger partial charge in [0.1, 0.15) is 47.7 Å². The molecule has 2 saturated heterocycles. The van der Waals surface area contributed by atoms with Crippen molar-refractivity contribution in [3.63, 3.8) is 0 Å². The highest BCUT2D eigenvalue weighted by Gasteiger charge is 2.41. The quantitative estimate of drug-likeness (QED) is 0.0654. The van der Waals surface area contributed by atoms with Gasteiger partial charge in [0.25, 0.3) is 0 Å². The van der Waals surface area contributed by atoms with Crippen LogP contribution in [0.15, 0.2) is 82.8 Å². The summed E-state index contributed by atoms with van der Waals surface area (Å²) in [6.07, 6.45) is 2.18. The van der Waals surface area contributed by atoms with Gasteiger partial charge in [-0.25, -0.2) is 36.4 Å². The number of carbonyl (C=O) groups excluding carboxylic acids is 2. The van der Waals surface area contributed by atoms with Gasteiger partial charge in [-0.05, 0) is 142 Å². The van der Waals surface area contributed by atoms with Crippen LogP contribution in [-0.2, 0) is 29.1 Å². The average Bonchev–Trinajstić information content (AvgIpc) is 0.821. The topological polar surface area (TPSA) is 278 Å². The molecule has 4 aromatic carbocycles. The van der Waals surface area contributed by atoms with Crippen molar-refractivity contribution in [3.8, 4) is 23.0 Å². The normalized spacial score (nSPS) is 14.8. The summed E-state index contributed by atoms with van der Waals surface area (Å²) in [4.78, 5) is 44.9. The fraction of sp³-hybridized carbons (Fsp3) is 0.443. The molecular weight excluding hydrogens is 1240 g/mol. The van der Waals surface area contributed by atoms with Gasteiger partial charge in [-0.15, -0.1) is 0 Å². The monoisotopic (exact) mass is 1310 g/mol. The molecular formula is C61H77Cl3N10O12S2. The summed E-state index contributed by atoms with van der Waals surface area (Å²) in [5.74, 6) is 3.53. The minimum Gasteiger partial charge on any atom is -0.486 e. The number of amides is 2. The molecule has 4 aliphatic rings. The van der Waals surface area contributed by atoms with Crippen molar-refractivity contribution in [2.45, 2.75) is 134 Å². The van der Waals surface area contributed by atoms with Crippen molar-refractivity contribution in [2.75, 3.05) is 74.3 Å². The van der Waals surface area contributed by atoms with Crippen LogP contribution in [0.3, 0.4) is 0 Å². The van der Waals surface area contributed by atoms with E-state index in [0.29, 0.717) is 92.6 Å². The number of aryl methyl sites for hydroxylation is 2. The number of anilines is 7. The molecule has 27 heteroatoms. The molecule has 4 aliphatic heterocycles. The van der Waals surface area contributed by atoms with Gasteiger partial charge in [0.15, 0.2) is 54.3 Å². The summed E-state index contributed by atoms with van der Waals surface area (Å²) < 4.78 is 85.1. The Bertz CT molecular complexity index is 3780. The molecule has 0 saturated carbocycles. The van der Waals surface area contributed by atoms with Gasteiger partial charge in [0, 0.05) is 49.1 Å². The van der Waals surface area contributed by atoms with Gasteiger partial charge < -0.3 is 59.9 Å². The van der Waals surface area contributed by atoms with Crippen molar-refractivity contribution in [1.82, 2.24) is 29.7 Å². The number of sulfone groups is 2. The molecule has 0 unspecified atom stereocenters. The van der Waals surface area contributed by atoms with Gasteiger partial charge in [0.2, 0.25) is 11.2 Å². The molecule has 476 valence electrons. The maximum Gasteiger partial charge on any atom is 0.410 e. The Morgan fingerprint density at radius 1 is 0.591 bits per heavy atom. The fourth-order valence-electron chi connectivity index (χ4n) is 9.59. The van der Waals surface area contributed by atoms with E-state index in [0.717, 1.165) is 28.0 Å². The number of rotatable bonds is 12. The third-order valence-corrected chi connectivity index (χ3v) is 19.0. The second-order valence-electron chi connectivity index (χ2n) is 23.5. The van der Waals surface area contributed by atoms with Crippen LogP contribution in [0.1, 0.15) is 111 Å². The fourth-order valence-corrected chi connectivity index (χ4v) is 12.4. The Morgan fingerprint density at radius 2 is 0.989 bits per heavy atom. The standard InChI is InChI=1S/C30H36ClN5O6S.C17H24N2O4.C13H13Cl2N3O2S.CH4/c1-17(2)43(38,39)23-10-8-7-9-21(23)33-27-20(31)14-32-28(35-27)34-22-13-18(3)24(26-25(22)40-11-12-41-26)19-15-36(16-19)29(37)42-30(4,5)6;1-10-7-12(18)14-15(22-6-5-21-14)13(10)11-8-19(9-11)16(20)23-17(2,3)4;1-8(2)21(19,20)11-6-4-3-5-10(11)17-12-9(14)7-16-13(15)18-12;/h7-10,13-14,17,19H,11-12,15-16H2,1-6H3,(H2,32,33,34,35);7,11H,5-6,8-9,18H2,1-4H3;3-8H,1-2H3,(H,16,17,18);1H4. The van der Waals surface area contributed by atoms with Crippen molar-refractivity contribution in [3.05, 3.63) is 111 Å². The molecule has 6 heterocycles. The zero-order valence-corrected chi connectivity index (χ0v) is 54.4. The molecule has 2 amide bonds. The number of para-hydroxylation sites is 2. The minimum atomic E-state index is -3.56. The second kappa shape index (κ2) is 27.6. The smallest absolute Gasteiger partial charge is 0.410 e. The van der Waals surface area contributed by atoms with E-state index in [4.69, 9.17) is 69.0 Å². The summed E-state index contributed by atoms with van der Waals surface area (Å²) in [5.41, 5.74) is 11.1. The number of nitrogens with one attached hydrogen (secondary N) is 3. The van der Waals surface area contributed by atoms with Crippen LogP contribution >= 0.6 is 34.8 Å². The van der Waals surface area contributed by atoms with Crippen molar-refractivity contribution < 1.29 is 54.8 Å². The summed E-state index contributed by atoms with van der Waals surface area (Å²) >= 11 is 18.1. The first-order valence-electron chi connectivity index (χ1n) is 28.1. The number of hydrogen-bond donors (Lipinski definition) is 4. The molecule has 22 nitrogen and oxygen atoms in total. The first kappa shape index (κ1) is 68.2. The van der Waals surface area contributed by atoms with Crippen LogP contribution < -0.4 is 40.6 Å². The lowest BCUT2D eigenvalue weighted by atomic mass is 9.87. The highest BCUT2D eigenvalue weighted by Crippen LogP contribution is 2.49. The Hall–Kier alpha value is -7.25. The van der Waals surface area contributed by atoms with Crippen LogP contribution in [0.25, 0.3) is 0 Å². The molecule has 0 spiro atoms. The molecule has 6 aromatic rings. The number of fused-ring (bicyclic) bond motifs is 2.